The van der Waals surface area contributed by atoms with Gasteiger partial charge in [-0.2, -0.15) is 0 Å². The Morgan fingerprint density at radius 3 is 2.06 bits per heavy atom. The molecule has 0 heterocycles. The van der Waals surface area contributed by atoms with Gasteiger partial charge in [-0.25, -0.2) is 0 Å². The summed E-state index contributed by atoms with van der Waals surface area (Å²) >= 11 is 0. The molecule has 2 aliphatic carbocycles. The summed E-state index contributed by atoms with van der Waals surface area (Å²) in [6.07, 6.45) is 7.80. The fraction of sp³-hybridized carbons (Fsp3) is 1.00. The van der Waals surface area contributed by atoms with Crippen LogP contribution in [0.5, 0.6) is 0 Å². The van der Waals surface area contributed by atoms with Crippen molar-refractivity contribution in [2.75, 3.05) is 0 Å². The Balaban J connectivity index is 1.95. The van der Waals surface area contributed by atoms with Crippen LogP contribution in [0.2, 0.25) is 0 Å². The maximum atomic E-state index is 10.6. The van der Waals surface area contributed by atoms with Crippen molar-refractivity contribution in [2.24, 2.45) is 29.6 Å². The van der Waals surface area contributed by atoms with Gasteiger partial charge in [0.05, 0.1) is 6.10 Å². The van der Waals surface area contributed by atoms with Crippen LogP contribution in [0.25, 0.3) is 0 Å². The smallest absolute Gasteiger partial charge is 0.0599 e. The third-order valence-corrected chi connectivity index (χ3v) is 5.06. The highest BCUT2D eigenvalue weighted by Gasteiger charge is 2.37. The molecule has 0 aromatic carbocycles. The highest BCUT2D eigenvalue weighted by atomic mass is 16.3. The second-order valence-corrected chi connectivity index (χ2v) is 6.74. The van der Waals surface area contributed by atoms with Gasteiger partial charge in [-0.15, -0.1) is 0 Å². The molecule has 16 heavy (non-hydrogen) atoms. The lowest BCUT2D eigenvalue weighted by Gasteiger charge is -2.37. The van der Waals surface area contributed by atoms with E-state index < -0.39 is 0 Å². The molecule has 0 bridgehead atoms. The van der Waals surface area contributed by atoms with E-state index in [-0.39, 0.29) is 6.10 Å². The zero-order chi connectivity index (χ0) is 11.7. The van der Waals surface area contributed by atoms with Crippen LogP contribution in [0, 0.1) is 29.6 Å². The van der Waals surface area contributed by atoms with Crippen molar-refractivity contribution in [1.82, 2.24) is 0 Å². The lowest BCUT2D eigenvalue weighted by atomic mass is 9.71. The Kier molecular flexibility index (Phi) is 3.94. The monoisotopic (exact) mass is 224 g/mol. The molecule has 2 fully saturated rings. The molecular formula is C15H28O. The van der Waals surface area contributed by atoms with Gasteiger partial charge in [-0.3, -0.25) is 0 Å². The van der Waals surface area contributed by atoms with E-state index in [1.54, 1.807) is 0 Å². The Morgan fingerprint density at radius 2 is 1.56 bits per heavy atom. The van der Waals surface area contributed by atoms with Crippen LogP contribution >= 0.6 is 0 Å². The Labute approximate surface area is 101 Å². The maximum Gasteiger partial charge on any atom is 0.0599 e. The second kappa shape index (κ2) is 5.08. The molecule has 2 saturated carbocycles. The first kappa shape index (κ1) is 12.4. The molecule has 5 atom stereocenters. The molecular weight excluding hydrogens is 196 g/mol. The topological polar surface area (TPSA) is 20.2 Å². The molecule has 5 unspecified atom stereocenters. The van der Waals surface area contributed by atoms with Crippen molar-refractivity contribution >= 4 is 0 Å². The summed E-state index contributed by atoms with van der Waals surface area (Å²) < 4.78 is 0. The quantitative estimate of drug-likeness (QED) is 0.755. The Morgan fingerprint density at radius 1 is 0.938 bits per heavy atom. The predicted octanol–water partition coefficient (Wildman–Crippen LogP) is 3.86. The van der Waals surface area contributed by atoms with Crippen LogP contribution in [-0.2, 0) is 0 Å². The molecule has 1 N–H and O–H groups in total. The lowest BCUT2D eigenvalue weighted by molar-refractivity contribution is 0.00256. The molecule has 0 aromatic rings. The first-order valence-corrected chi connectivity index (χ1v) is 7.26. The molecule has 2 aliphatic rings. The molecule has 0 radical (unpaired) electrons. The van der Waals surface area contributed by atoms with E-state index in [2.05, 4.69) is 20.8 Å². The summed E-state index contributed by atoms with van der Waals surface area (Å²) in [5, 5.41) is 10.6. The largest absolute Gasteiger partial charge is 0.393 e. The van der Waals surface area contributed by atoms with Crippen LogP contribution in [0.4, 0.5) is 0 Å². The molecule has 94 valence electrons. The van der Waals surface area contributed by atoms with Gasteiger partial charge in [0.1, 0.15) is 0 Å². The average molecular weight is 224 g/mol. The van der Waals surface area contributed by atoms with Crippen LogP contribution in [0.3, 0.4) is 0 Å². The third kappa shape index (κ3) is 2.61. The number of aliphatic hydroxyl groups is 1. The molecule has 0 aromatic heterocycles. The highest BCUT2D eigenvalue weighted by Crippen LogP contribution is 2.42. The molecule has 0 aliphatic heterocycles. The van der Waals surface area contributed by atoms with Gasteiger partial charge in [-0.1, -0.05) is 33.6 Å². The van der Waals surface area contributed by atoms with Gasteiger partial charge in [-0.05, 0) is 55.3 Å². The summed E-state index contributed by atoms with van der Waals surface area (Å²) in [5.41, 5.74) is 0. The van der Waals surface area contributed by atoms with Crippen molar-refractivity contribution in [1.29, 1.82) is 0 Å². The van der Waals surface area contributed by atoms with Crippen molar-refractivity contribution in [3.63, 3.8) is 0 Å². The summed E-state index contributed by atoms with van der Waals surface area (Å²) in [6.45, 7) is 7.04. The Bertz CT molecular complexity index is 215. The highest BCUT2D eigenvalue weighted by molar-refractivity contribution is 4.87. The fourth-order valence-corrected chi connectivity index (χ4v) is 4.32. The third-order valence-electron chi connectivity index (χ3n) is 5.06. The van der Waals surface area contributed by atoms with E-state index in [0.29, 0.717) is 11.8 Å². The zero-order valence-electron chi connectivity index (χ0n) is 11.2. The molecule has 1 heteroatoms. The first-order valence-electron chi connectivity index (χ1n) is 7.26. The van der Waals surface area contributed by atoms with Crippen molar-refractivity contribution < 1.29 is 5.11 Å². The second-order valence-electron chi connectivity index (χ2n) is 6.74. The summed E-state index contributed by atoms with van der Waals surface area (Å²) in [4.78, 5) is 0. The normalized spacial score (nSPS) is 46.9. The SMILES string of the molecule is CC1CC(C)CC(C(O)C2CCCC2C)C1. The number of aliphatic hydroxyl groups excluding tert-OH is 1. The summed E-state index contributed by atoms with van der Waals surface area (Å²) in [6, 6.07) is 0. The minimum Gasteiger partial charge on any atom is -0.393 e. The van der Waals surface area contributed by atoms with Gasteiger partial charge >= 0.3 is 0 Å². The minimum atomic E-state index is -0.0114. The van der Waals surface area contributed by atoms with E-state index in [1.165, 1.54) is 38.5 Å². The van der Waals surface area contributed by atoms with E-state index in [4.69, 9.17) is 0 Å². The summed E-state index contributed by atoms with van der Waals surface area (Å²) in [5.74, 6) is 3.58. The van der Waals surface area contributed by atoms with Crippen molar-refractivity contribution in [2.45, 2.75) is 65.4 Å². The number of rotatable bonds is 2. The van der Waals surface area contributed by atoms with E-state index in [1.807, 2.05) is 0 Å². The average Bonchev–Trinajstić information content (AvgIpc) is 2.62. The van der Waals surface area contributed by atoms with Crippen LogP contribution in [0.15, 0.2) is 0 Å². The van der Waals surface area contributed by atoms with Crippen LogP contribution < -0.4 is 0 Å². The fourth-order valence-electron chi connectivity index (χ4n) is 4.32. The van der Waals surface area contributed by atoms with Crippen molar-refractivity contribution in [3.8, 4) is 0 Å². The van der Waals surface area contributed by atoms with Gasteiger partial charge in [0.15, 0.2) is 0 Å². The van der Waals surface area contributed by atoms with Gasteiger partial charge in [0, 0.05) is 0 Å². The molecule has 0 spiro atoms. The standard InChI is InChI=1S/C15H28O/c1-10-7-11(2)9-13(8-10)15(16)14-6-4-5-12(14)3/h10-16H,4-9H2,1-3H3. The van der Waals surface area contributed by atoms with Gasteiger partial charge in [0.25, 0.3) is 0 Å². The molecule has 0 amide bonds. The number of hydrogen-bond donors (Lipinski definition) is 1. The van der Waals surface area contributed by atoms with Gasteiger partial charge < -0.3 is 5.11 Å². The van der Waals surface area contributed by atoms with Crippen molar-refractivity contribution in [3.05, 3.63) is 0 Å². The van der Waals surface area contributed by atoms with E-state index >= 15 is 0 Å². The van der Waals surface area contributed by atoms with Crippen LogP contribution in [-0.4, -0.2) is 11.2 Å². The van der Waals surface area contributed by atoms with E-state index in [9.17, 15) is 5.11 Å². The predicted molar refractivity (Wildman–Crippen MR) is 68.2 cm³/mol. The molecule has 2 rings (SSSR count). The Hall–Kier alpha value is -0.0400. The minimum absolute atomic E-state index is 0.0114. The first-order chi connectivity index (χ1) is 7.58. The number of hydrogen-bond acceptors (Lipinski definition) is 1. The summed E-state index contributed by atoms with van der Waals surface area (Å²) in [7, 11) is 0. The maximum absolute atomic E-state index is 10.6. The molecule has 0 saturated heterocycles. The van der Waals surface area contributed by atoms with Crippen LogP contribution in [0.1, 0.15) is 59.3 Å². The van der Waals surface area contributed by atoms with Gasteiger partial charge in [0.2, 0.25) is 0 Å². The zero-order valence-corrected chi connectivity index (χ0v) is 11.2. The molecule has 1 nitrogen and oxygen atoms in total. The lowest BCUT2D eigenvalue weighted by Crippen LogP contribution is -2.35. The van der Waals surface area contributed by atoms with E-state index in [0.717, 1.165) is 17.8 Å².